The zero-order valence-electron chi connectivity index (χ0n) is 14.2. The van der Waals surface area contributed by atoms with Gasteiger partial charge in [-0.1, -0.05) is 25.5 Å². The monoisotopic (exact) mass is 322 g/mol. The van der Waals surface area contributed by atoms with E-state index in [0.717, 1.165) is 31.3 Å². The number of aliphatic hydroxyl groups excluding tert-OH is 4. The molecule has 3 fully saturated rings. The van der Waals surface area contributed by atoms with Gasteiger partial charge in [-0.25, -0.2) is 0 Å². The smallest absolute Gasteiger partial charge is 0.0758 e. The highest BCUT2D eigenvalue weighted by atomic mass is 16.3. The van der Waals surface area contributed by atoms with Gasteiger partial charge < -0.3 is 20.4 Å². The van der Waals surface area contributed by atoms with Crippen LogP contribution in [0.4, 0.5) is 0 Å². The van der Waals surface area contributed by atoms with E-state index in [-0.39, 0.29) is 40.8 Å². The quantitative estimate of drug-likeness (QED) is 0.511. The second kappa shape index (κ2) is 5.04. The van der Waals surface area contributed by atoms with Gasteiger partial charge in [0.25, 0.3) is 0 Å². The van der Waals surface area contributed by atoms with Crippen LogP contribution in [0.2, 0.25) is 0 Å². The van der Waals surface area contributed by atoms with Crippen molar-refractivity contribution in [1.29, 1.82) is 0 Å². The Morgan fingerprint density at radius 2 is 1.78 bits per heavy atom. The molecule has 4 rings (SSSR count). The molecule has 4 nitrogen and oxygen atoms in total. The predicted octanol–water partition coefficient (Wildman–Crippen LogP) is 1.61. The maximum absolute atomic E-state index is 11.0. The summed E-state index contributed by atoms with van der Waals surface area (Å²) in [5, 5.41) is 42.4. The van der Waals surface area contributed by atoms with Gasteiger partial charge in [0.15, 0.2) is 0 Å². The summed E-state index contributed by atoms with van der Waals surface area (Å²) in [6.45, 7) is 4.30. The van der Waals surface area contributed by atoms with Gasteiger partial charge >= 0.3 is 0 Å². The topological polar surface area (TPSA) is 80.9 Å². The van der Waals surface area contributed by atoms with Gasteiger partial charge in [-0.05, 0) is 67.1 Å². The van der Waals surface area contributed by atoms with Gasteiger partial charge in [-0.2, -0.15) is 0 Å². The van der Waals surface area contributed by atoms with Crippen molar-refractivity contribution in [3.8, 4) is 0 Å². The third kappa shape index (κ3) is 2.05. The Hall–Kier alpha value is -0.420. The minimum Gasteiger partial charge on any atom is -0.393 e. The van der Waals surface area contributed by atoms with Crippen LogP contribution >= 0.6 is 0 Å². The molecule has 9 atom stereocenters. The van der Waals surface area contributed by atoms with E-state index in [1.54, 1.807) is 0 Å². The third-order valence-electron chi connectivity index (χ3n) is 7.99. The first-order valence-electron chi connectivity index (χ1n) is 9.21. The van der Waals surface area contributed by atoms with Crippen molar-refractivity contribution in [2.45, 2.75) is 76.8 Å². The van der Waals surface area contributed by atoms with Crippen molar-refractivity contribution < 1.29 is 20.4 Å². The maximum Gasteiger partial charge on any atom is 0.0758 e. The molecule has 0 aromatic rings. The lowest BCUT2D eigenvalue weighted by atomic mass is 9.46. The Balaban J connectivity index is 1.78. The van der Waals surface area contributed by atoms with Crippen molar-refractivity contribution in [3.63, 3.8) is 0 Å². The minimum atomic E-state index is -0.571. The van der Waals surface area contributed by atoms with Crippen LogP contribution < -0.4 is 0 Å². The summed E-state index contributed by atoms with van der Waals surface area (Å²) in [5.41, 5.74) is 0.723. The maximum atomic E-state index is 11.0. The third-order valence-corrected chi connectivity index (χ3v) is 7.99. The van der Waals surface area contributed by atoms with Gasteiger partial charge in [0, 0.05) is 0 Å². The van der Waals surface area contributed by atoms with Crippen LogP contribution in [0.1, 0.15) is 52.4 Å². The second-order valence-corrected chi connectivity index (χ2v) is 9.08. The molecule has 130 valence electrons. The molecule has 23 heavy (non-hydrogen) atoms. The molecular formula is C19H30O4. The molecule has 3 unspecified atom stereocenters. The van der Waals surface area contributed by atoms with Crippen LogP contribution in [0, 0.1) is 28.6 Å². The lowest BCUT2D eigenvalue weighted by Gasteiger charge is -2.60. The highest BCUT2D eigenvalue weighted by Crippen LogP contribution is 2.64. The number of aliphatic hydroxyl groups is 4. The van der Waals surface area contributed by atoms with Crippen molar-refractivity contribution in [2.24, 2.45) is 28.6 Å². The summed E-state index contributed by atoms with van der Waals surface area (Å²) >= 11 is 0. The van der Waals surface area contributed by atoms with E-state index in [9.17, 15) is 20.4 Å². The van der Waals surface area contributed by atoms with Crippen LogP contribution in [0.3, 0.4) is 0 Å². The molecule has 3 saturated carbocycles. The van der Waals surface area contributed by atoms with Crippen LogP contribution in [0.5, 0.6) is 0 Å². The van der Waals surface area contributed by atoms with Crippen molar-refractivity contribution in [1.82, 2.24) is 0 Å². The van der Waals surface area contributed by atoms with Crippen LogP contribution in [0.15, 0.2) is 11.6 Å². The van der Waals surface area contributed by atoms with Crippen LogP contribution in [0.25, 0.3) is 0 Å². The largest absolute Gasteiger partial charge is 0.393 e. The standard InChI is InChI=1S/C19H30O4/c1-18-6-5-11(20)7-10(18)8-13(21)16-12-3-4-15(23)19(12,2)9-14(22)17(16)18/h8,11-17,20-23H,3-7,9H2,1-2H3/t11-,12?,13-,14-,15-,16?,17?,18-,19-/m0/s1. The summed E-state index contributed by atoms with van der Waals surface area (Å²) in [6, 6.07) is 0. The fraction of sp³-hybridized carbons (Fsp3) is 0.895. The van der Waals surface area contributed by atoms with Gasteiger partial charge in [0.05, 0.1) is 24.4 Å². The van der Waals surface area contributed by atoms with Crippen LogP contribution in [-0.2, 0) is 0 Å². The highest BCUT2D eigenvalue weighted by molar-refractivity contribution is 5.29. The minimum absolute atomic E-state index is 0.0184. The number of rotatable bonds is 0. The number of hydrogen-bond donors (Lipinski definition) is 4. The zero-order chi connectivity index (χ0) is 16.6. The van der Waals surface area contributed by atoms with Crippen molar-refractivity contribution in [3.05, 3.63) is 11.6 Å². The van der Waals surface area contributed by atoms with Gasteiger partial charge in [-0.15, -0.1) is 0 Å². The lowest BCUT2D eigenvalue weighted by molar-refractivity contribution is -0.160. The molecule has 0 heterocycles. The molecule has 0 radical (unpaired) electrons. The SMILES string of the molecule is C[C@]12CC[C@H](O)CC1=C[C@H](O)C1C2[C@@H](O)C[C@@]2(C)C1CC[C@@H]2O. The average Bonchev–Trinajstić information content (AvgIpc) is 2.76. The molecule has 4 heteroatoms. The summed E-state index contributed by atoms with van der Waals surface area (Å²) in [5.74, 6) is 0.320. The van der Waals surface area contributed by atoms with Gasteiger partial charge in [0.1, 0.15) is 0 Å². The summed E-state index contributed by atoms with van der Waals surface area (Å²) in [4.78, 5) is 0. The first-order chi connectivity index (χ1) is 10.8. The molecule has 4 aliphatic carbocycles. The molecule has 4 aliphatic rings. The Bertz CT molecular complexity index is 531. The number of fused-ring (bicyclic) bond motifs is 5. The molecule has 0 amide bonds. The first kappa shape index (κ1) is 16.1. The van der Waals surface area contributed by atoms with E-state index in [1.165, 1.54) is 0 Å². The molecular weight excluding hydrogens is 292 g/mol. The first-order valence-corrected chi connectivity index (χ1v) is 9.21. The second-order valence-electron chi connectivity index (χ2n) is 9.08. The molecule has 0 saturated heterocycles. The van der Waals surface area contributed by atoms with Gasteiger partial charge in [-0.3, -0.25) is 0 Å². The van der Waals surface area contributed by atoms with E-state index >= 15 is 0 Å². The van der Waals surface area contributed by atoms with E-state index < -0.39 is 12.2 Å². The van der Waals surface area contributed by atoms with Gasteiger partial charge in [0.2, 0.25) is 0 Å². The van der Waals surface area contributed by atoms with Crippen molar-refractivity contribution >= 4 is 0 Å². The van der Waals surface area contributed by atoms with E-state index in [1.807, 2.05) is 6.08 Å². The predicted molar refractivity (Wildman–Crippen MR) is 86.5 cm³/mol. The van der Waals surface area contributed by atoms with Crippen LogP contribution in [-0.4, -0.2) is 44.8 Å². The average molecular weight is 322 g/mol. The highest BCUT2D eigenvalue weighted by Gasteiger charge is 2.63. The van der Waals surface area contributed by atoms with E-state index in [0.29, 0.717) is 12.8 Å². The molecule has 0 spiro atoms. The summed E-state index contributed by atoms with van der Waals surface area (Å²) in [7, 11) is 0. The number of hydrogen-bond acceptors (Lipinski definition) is 4. The Morgan fingerprint density at radius 1 is 1.04 bits per heavy atom. The Kier molecular flexibility index (Phi) is 3.52. The fourth-order valence-corrected chi connectivity index (χ4v) is 6.72. The summed E-state index contributed by atoms with van der Waals surface area (Å²) < 4.78 is 0. The Morgan fingerprint density at radius 3 is 2.52 bits per heavy atom. The zero-order valence-corrected chi connectivity index (χ0v) is 14.2. The molecule has 0 aromatic heterocycles. The van der Waals surface area contributed by atoms with E-state index in [2.05, 4.69) is 13.8 Å². The van der Waals surface area contributed by atoms with Crippen molar-refractivity contribution in [2.75, 3.05) is 0 Å². The molecule has 0 aromatic carbocycles. The Labute approximate surface area is 138 Å². The normalized spacial score (nSPS) is 58.9. The molecule has 0 bridgehead atoms. The summed E-state index contributed by atoms with van der Waals surface area (Å²) in [6.07, 6.45) is 4.80. The van der Waals surface area contributed by atoms with E-state index in [4.69, 9.17) is 0 Å². The fourth-order valence-electron chi connectivity index (χ4n) is 6.72. The molecule has 4 N–H and O–H groups in total. The molecule has 0 aliphatic heterocycles. The lowest BCUT2D eigenvalue weighted by Crippen LogP contribution is -2.60.